The fourth-order valence-corrected chi connectivity index (χ4v) is 3.37. The number of aryl methyl sites for hydroxylation is 1. The van der Waals surface area contributed by atoms with Crippen LogP contribution in [-0.4, -0.2) is 57.0 Å². The van der Waals surface area contributed by atoms with Gasteiger partial charge in [0.1, 0.15) is 0 Å². The Labute approximate surface area is 133 Å². The van der Waals surface area contributed by atoms with E-state index in [-0.39, 0.29) is 0 Å². The van der Waals surface area contributed by atoms with Crippen LogP contribution in [0.1, 0.15) is 30.0 Å². The molecule has 2 aliphatic rings. The van der Waals surface area contributed by atoms with Crippen LogP contribution in [0.2, 0.25) is 0 Å². The number of rotatable bonds is 6. The summed E-state index contributed by atoms with van der Waals surface area (Å²) in [7, 11) is 0. The van der Waals surface area contributed by atoms with Crippen LogP contribution >= 0.6 is 0 Å². The number of nitrogens with one attached hydrogen (secondary N) is 1. The molecule has 4 nitrogen and oxygen atoms in total. The minimum absolute atomic E-state index is 0.364. The van der Waals surface area contributed by atoms with E-state index in [4.69, 9.17) is 9.47 Å². The van der Waals surface area contributed by atoms with E-state index in [2.05, 4.69) is 41.4 Å². The molecule has 0 spiro atoms. The van der Waals surface area contributed by atoms with Gasteiger partial charge in [0.2, 0.25) is 0 Å². The molecule has 0 radical (unpaired) electrons. The van der Waals surface area contributed by atoms with Gasteiger partial charge in [0.25, 0.3) is 0 Å². The van der Waals surface area contributed by atoms with Gasteiger partial charge in [-0.25, -0.2) is 0 Å². The van der Waals surface area contributed by atoms with Crippen molar-refractivity contribution >= 4 is 0 Å². The maximum absolute atomic E-state index is 5.76. The zero-order valence-corrected chi connectivity index (χ0v) is 13.6. The molecule has 0 aliphatic carbocycles. The van der Waals surface area contributed by atoms with E-state index < -0.39 is 0 Å². The molecular weight excluding hydrogens is 276 g/mol. The molecule has 0 unspecified atom stereocenters. The first-order valence-electron chi connectivity index (χ1n) is 8.53. The summed E-state index contributed by atoms with van der Waals surface area (Å²) in [6.45, 7) is 8.89. The number of nitrogens with zero attached hydrogens (tertiary/aromatic N) is 1. The molecular formula is C18H28N2O2. The molecule has 2 saturated heterocycles. The van der Waals surface area contributed by atoms with E-state index in [1.165, 1.54) is 24.0 Å². The lowest BCUT2D eigenvalue weighted by atomic mass is 10.00. The second-order valence-electron chi connectivity index (χ2n) is 6.37. The first kappa shape index (κ1) is 15.9. The van der Waals surface area contributed by atoms with Crippen LogP contribution < -0.4 is 5.32 Å². The number of hydrogen-bond acceptors (Lipinski definition) is 4. The van der Waals surface area contributed by atoms with Crippen LogP contribution in [0.3, 0.4) is 0 Å². The highest BCUT2D eigenvalue weighted by atomic mass is 16.5. The molecule has 0 aromatic heterocycles. The van der Waals surface area contributed by atoms with Gasteiger partial charge in [0.05, 0.1) is 19.3 Å². The largest absolute Gasteiger partial charge is 0.379 e. The maximum atomic E-state index is 5.76. The van der Waals surface area contributed by atoms with Crippen molar-refractivity contribution in [3.63, 3.8) is 0 Å². The van der Waals surface area contributed by atoms with Crippen molar-refractivity contribution in [2.24, 2.45) is 0 Å². The van der Waals surface area contributed by atoms with E-state index in [1.54, 1.807) is 0 Å². The highest BCUT2D eigenvalue weighted by molar-refractivity contribution is 5.29. The lowest BCUT2D eigenvalue weighted by molar-refractivity contribution is 0.0321. The third-order valence-electron chi connectivity index (χ3n) is 4.72. The van der Waals surface area contributed by atoms with Crippen LogP contribution in [0.5, 0.6) is 0 Å². The Morgan fingerprint density at radius 3 is 2.77 bits per heavy atom. The Morgan fingerprint density at radius 1 is 1.23 bits per heavy atom. The number of hydrogen-bond donors (Lipinski definition) is 1. The molecule has 122 valence electrons. The second-order valence-corrected chi connectivity index (χ2v) is 6.37. The van der Waals surface area contributed by atoms with Crippen molar-refractivity contribution < 1.29 is 9.47 Å². The summed E-state index contributed by atoms with van der Waals surface area (Å²) >= 11 is 0. The molecule has 2 atom stereocenters. The van der Waals surface area contributed by atoms with Crippen molar-refractivity contribution in [3.05, 3.63) is 35.4 Å². The normalized spacial score (nSPS) is 24.5. The molecule has 0 amide bonds. The molecule has 0 saturated carbocycles. The lowest BCUT2D eigenvalue weighted by Gasteiger charge is -2.32. The van der Waals surface area contributed by atoms with Crippen molar-refractivity contribution in [2.45, 2.75) is 31.9 Å². The quantitative estimate of drug-likeness (QED) is 0.873. The Balaban J connectivity index is 1.65. The third kappa shape index (κ3) is 4.29. The van der Waals surface area contributed by atoms with E-state index in [0.717, 1.165) is 46.0 Å². The van der Waals surface area contributed by atoms with Crippen molar-refractivity contribution in [2.75, 3.05) is 46.0 Å². The summed E-state index contributed by atoms with van der Waals surface area (Å²) in [5.41, 5.74) is 2.77. The van der Waals surface area contributed by atoms with Crippen LogP contribution in [0.4, 0.5) is 0 Å². The smallest absolute Gasteiger partial charge is 0.0700 e. The molecule has 22 heavy (non-hydrogen) atoms. The van der Waals surface area contributed by atoms with Crippen LogP contribution in [0, 0.1) is 6.92 Å². The monoisotopic (exact) mass is 304 g/mol. The summed E-state index contributed by atoms with van der Waals surface area (Å²) < 4.78 is 11.2. The van der Waals surface area contributed by atoms with Gasteiger partial charge >= 0.3 is 0 Å². The molecule has 2 fully saturated rings. The van der Waals surface area contributed by atoms with Gasteiger partial charge in [-0.15, -0.1) is 0 Å². The predicted molar refractivity (Wildman–Crippen MR) is 88.2 cm³/mol. The zero-order valence-electron chi connectivity index (χ0n) is 13.6. The fourth-order valence-electron chi connectivity index (χ4n) is 3.37. The first-order valence-corrected chi connectivity index (χ1v) is 8.53. The number of morpholine rings is 1. The summed E-state index contributed by atoms with van der Waals surface area (Å²) in [6.07, 6.45) is 2.77. The number of benzene rings is 1. The summed E-state index contributed by atoms with van der Waals surface area (Å²) in [5, 5.41) is 3.76. The van der Waals surface area contributed by atoms with Crippen molar-refractivity contribution in [3.8, 4) is 0 Å². The minimum Gasteiger partial charge on any atom is -0.379 e. The first-order chi connectivity index (χ1) is 10.8. The van der Waals surface area contributed by atoms with Gasteiger partial charge in [-0.3, -0.25) is 4.90 Å². The maximum Gasteiger partial charge on any atom is 0.0700 e. The van der Waals surface area contributed by atoms with Gasteiger partial charge < -0.3 is 14.8 Å². The zero-order chi connectivity index (χ0) is 15.2. The van der Waals surface area contributed by atoms with Crippen molar-refractivity contribution in [1.29, 1.82) is 0 Å². The van der Waals surface area contributed by atoms with Crippen LogP contribution in [0.25, 0.3) is 0 Å². The molecule has 1 aromatic carbocycles. The minimum atomic E-state index is 0.364. The van der Waals surface area contributed by atoms with Gasteiger partial charge in [-0.1, -0.05) is 24.3 Å². The SMILES string of the molecule is Cc1ccccc1[C@@H](CN1CCOCC1)NC[C@H]1CCCO1. The highest BCUT2D eigenvalue weighted by Crippen LogP contribution is 2.20. The van der Waals surface area contributed by atoms with Gasteiger partial charge in [0.15, 0.2) is 0 Å². The molecule has 1 N–H and O–H groups in total. The van der Waals surface area contributed by atoms with Gasteiger partial charge in [0, 0.05) is 38.8 Å². The summed E-state index contributed by atoms with van der Waals surface area (Å²) in [5.74, 6) is 0. The Kier molecular flexibility index (Phi) is 5.84. The highest BCUT2D eigenvalue weighted by Gasteiger charge is 2.22. The summed E-state index contributed by atoms with van der Waals surface area (Å²) in [4.78, 5) is 2.50. The summed E-state index contributed by atoms with van der Waals surface area (Å²) in [6, 6.07) is 9.08. The number of ether oxygens (including phenoxy) is 2. The second kappa shape index (κ2) is 8.06. The molecule has 0 bridgehead atoms. The average molecular weight is 304 g/mol. The Bertz CT molecular complexity index is 454. The standard InChI is InChI=1S/C18H28N2O2/c1-15-5-2-3-7-17(15)18(14-20-8-11-21-12-9-20)19-13-16-6-4-10-22-16/h2-3,5,7,16,18-19H,4,6,8-14H2,1H3/t16-,18-/m1/s1. The Hall–Kier alpha value is -0.940. The van der Waals surface area contributed by atoms with Crippen LogP contribution in [0.15, 0.2) is 24.3 Å². The van der Waals surface area contributed by atoms with E-state index in [0.29, 0.717) is 12.1 Å². The van der Waals surface area contributed by atoms with Gasteiger partial charge in [-0.2, -0.15) is 0 Å². The fraction of sp³-hybridized carbons (Fsp3) is 0.667. The molecule has 2 aliphatic heterocycles. The molecule has 2 heterocycles. The average Bonchev–Trinajstić information content (AvgIpc) is 3.06. The molecule has 3 rings (SSSR count). The van der Waals surface area contributed by atoms with Gasteiger partial charge in [-0.05, 0) is 30.9 Å². The predicted octanol–water partition coefficient (Wildman–Crippen LogP) is 2.14. The van der Waals surface area contributed by atoms with Crippen LogP contribution in [-0.2, 0) is 9.47 Å². The van der Waals surface area contributed by atoms with E-state index >= 15 is 0 Å². The van der Waals surface area contributed by atoms with E-state index in [1.807, 2.05) is 0 Å². The molecule has 1 aromatic rings. The van der Waals surface area contributed by atoms with E-state index in [9.17, 15) is 0 Å². The topological polar surface area (TPSA) is 33.7 Å². The lowest BCUT2D eigenvalue weighted by Crippen LogP contribution is -2.43. The van der Waals surface area contributed by atoms with Crippen molar-refractivity contribution in [1.82, 2.24) is 10.2 Å². The molecule has 4 heteroatoms. The third-order valence-corrected chi connectivity index (χ3v) is 4.72. The Morgan fingerprint density at radius 2 is 2.05 bits per heavy atom.